The summed E-state index contributed by atoms with van der Waals surface area (Å²) in [6.07, 6.45) is 4.14. The van der Waals surface area contributed by atoms with Gasteiger partial charge in [-0.3, -0.25) is 14.5 Å². The lowest BCUT2D eigenvalue weighted by molar-refractivity contribution is -0.137. The molecule has 0 saturated carbocycles. The third kappa shape index (κ3) is 4.99. The number of hydrogen-bond donors (Lipinski definition) is 1. The van der Waals surface area contributed by atoms with E-state index < -0.39 is 0 Å². The summed E-state index contributed by atoms with van der Waals surface area (Å²) in [5.41, 5.74) is 7.41. The molecule has 2 aliphatic heterocycles. The molecule has 32 heavy (non-hydrogen) atoms. The predicted octanol–water partition coefficient (Wildman–Crippen LogP) is 1.92. The molecule has 9 nitrogen and oxygen atoms in total. The molecule has 0 spiro atoms. The number of hydrogen-bond acceptors (Lipinski definition) is 7. The van der Waals surface area contributed by atoms with E-state index in [1.54, 1.807) is 23.2 Å². The van der Waals surface area contributed by atoms with Crippen molar-refractivity contribution in [3.63, 3.8) is 0 Å². The van der Waals surface area contributed by atoms with Gasteiger partial charge in [0, 0.05) is 44.4 Å². The monoisotopic (exact) mass is 439 g/mol. The molecule has 0 bridgehead atoms. The zero-order valence-electron chi connectivity index (χ0n) is 18.3. The number of piperidine rings is 1. The van der Waals surface area contributed by atoms with Crippen LogP contribution in [0, 0.1) is 5.92 Å². The van der Waals surface area contributed by atoms with Gasteiger partial charge in [0.2, 0.25) is 11.9 Å². The van der Waals surface area contributed by atoms with Gasteiger partial charge in [-0.25, -0.2) is 4.98 Å². The Morgan fingerprint density at radius 3 is 3.03 bits per heavy atom. The minimum Gasteiger partial charge on any atom is -0.493 e. The predicted molar refractivity (Wildman–Crippen MR) is 120 cm³/mol. The van der Waals surface area contributed by atoms with E-state index in [0.29, 0.717) is 44.2 Å². The second-order valence-corrected chi connectivity index (χ2v) is 8.09. The van der Waals surface area contributed by atoms with E-state index in [4.69, 9.17) is 15.2 Å². The molecule has 1 unspecified atom stereocenters. The zero-order valence-corrected chi connectivity index (χ0v) is 18.3. The van der Waals surface area contributed by atoms with E-state index >= 15 is 0 Å². The van der Waals surface area contributed by atoms with Crippen LogP contribution >= 0.6 is 0 Å². The summed E-state index contributed by atoms with van der Waals surface area (Å²) in [5.74, 6) is 1.34. The van der Waals surface area contributed by atoms with Gasteiger partial charge in [-0.1, -0.05) is 0 Å². The van der Waals surface area contributed by atoms with Crippen LogP contribution in [0.25, 0.3) is 0 Å². The van der Waals surface area contributed by atoms with E-state index in [9.17, 15) is 9.59 Å². The van der Waals surface area contributed by atoms with Crippen LogP contribution in [0.5, 0.6) is 5.75 Å². The van der Waals surface area contributed by atoms with Crippen molar-refractivity contribution in [1.82, 2.24) is 14.9 Å². The molecule has 2 aliphatic rings. The number of ether oxygens (including phenoxy) is 2. The summed E-state index contributed by atoms with van der Waals surface area (Å²) in [6, 6.07) is 7.20. The van der Waals surface area contributed by atoms with Gasteiger partial charge in [-0.05, 0) is 55.5 Å². The Kier molecular flexibility index (Phi) is 6.84. The molecule has 170 valence electrons. The molecule has 9 heteroatoms. The Hall–Kier alpha value is -3.20. The summed E-state index contributed by atoms with van der Waals surface area (Å²) in [5, 5.41) is 0. The summed E-state index contributed by atoms with van der Waals surface area (Å²) in [7, 11) is 0. The molecular formula is C23H29N5O4. The number of amides is 2. The maximum atomic E-state index is 13.6. The topological polar surface area (TPSA) is 111 Å². The van der Waals surface area contributed by atoms with Crippen LogP contribution in [-0.4, -0.2) is 66.1 Å². The Labute approximate surface area is 187 Å². The smallest absolute Gasteiger partial charge is 0.259 e. The highest BCUT2D eigenvalue weighted by Crippen LogP contribution is 2.28. The van der Waals surface area contributed by atoms with Gasteiger partial charge >= 0.3 is 0 Å². The van der Waals surface area contributed by atoms with E-state index in [0.717, 1.165) is 30.6 Å². The third-order valence-electron chi connectivity index (χ3n) is 5.86. The molecule has 2 aromatic rings. The van der Waals surface area contributed by atoms with Crippen LogP contribution < -0.4 is 15.4 Å². The maximum absolute atomic E-state index is 13.6. The van der Waals surface area contributed by atoms with Gasteiger partial charge in [-0.2, -0.15) is 4.98 Å². The highest BCUT2D eigenvalue weighted by molar-refractivity contribution is 6.05. The summed E-state index contributed by atoms with van der Waals surface area (Å²) in [6.45, 7) is 4.82. The Balaban J connectivity index is 1.55. The van der Waals surface area contributed by atoms with Crippen LogP contribution in [0.2, 0.25) is 0 Å². The van der Waals surface area contributed by atoms with Crippen LogP contribution in [0.4, 0.5) is 11.8 Å². The van der Waals surface area contributed by atoms with Crippen molar-refractivity contribution in [2.75, 3.05) is 50.1 Å². The zero-order chi connectivity index (χ0) is 22.5. The molecule has 1 fully saturated rings. The maximum Gasteiger partial charge on any atom is 0.259 e. The number of likely N-dealkylation sites (tertiary alicyclic amines) is 1. The highest BCUT2D eigenvalue weighted by atomic mass is 16.5. The normalized spacial score (nSPS) is 17.5. The molecule has 1 aromatic heterocycles. The number of benzene rings is 1. The molecule has 0 aliphatic carbocycles. The van der Waals surface area contributed by atoms with E-state index in [-0.39, 0.29) is 30.3 Å². The lowest BCUT2D eigenvalue weighted by Gasteiger charge is -2.35. The van der Waals surface area contributed by atoms with Crippen LogP contribution in [0.3, 0.4) is 0 Å². The number of anilines is 2. The van der Waals surface area contributed by atoms with Crippen LogP contribution in [0.15, 0.2) is 30.5 Å². The first-order valence-electron chi connectivity index (χ1n) is 11.1. The third-order valence-corrected chi connectivity index (χ3v) is 5.86. The number of rotatable bonds is 7. The lowest BCUT2D eigenvalue weighted by Crippen LogP contribution is -2.46. The van der Waals surface area contributed by atoms with Gasteiger partial charge < -0.3 is 20.1 Å². The number of nitrogens with zero attached hydrogens (tertiary/aromatic N) is 4. The average Bonchev–Trinajstić information content (AvgIpc) is 3.28. The van der Waals surface area contributed by atoms with Gasteiger partial charge in [0.05, 0.1) is 6.61 Å². The highest BCUT2D eigenvalue weighted by Gasteiger charge is 2.29. The average molecular weight is 440 g/mol. The molecule has 0 radical (unpaired) electrons. The van der Waals surface area contributed by atoms with Gasteiger partial charge in [0.25, 0.3) is 5.91 Å². The van der Waals surface area contributed by atoms with Crippen LogP contribution in [0.1, 0.15) is 35.7 Å². The largest absolute Gasteiger partial charge is 0.493 e. The van der Waals surface area contributed by atoms with Crippen molar-refractivity contribution in [2.45, 2.75) is 26.2 Å². The second kappa shape index (κ2) is 9.95. The summed E-state index contributed by atoms with van der Waals surface area (Å²) >= 11 is 0. The molecule has 2 amide bonds. The number of fused-ring (bicyclic) bond motifs is 1. The lowest BCUT2D eigenvalue weighted by atomic mass is 9.96. The summed E-state index contributed by atoms with van der Waals surface area (Å²) in [4.78, 5) is 37.7. The van der Waals surface area contributed by atoms with Crippen molar-refractivity contribution in [3.05, 3.63) is 41.6 Å². The molecule has 2 N–H and O–H groups in total. The quantitative estimate of drug-likeness (QED) is 0.702. The Morgan fingerprint density at radius 2 is 2.22 bits per heavy atom. The van der Waals surface area contributed by atoms with E-state index in [2.05, 4.69) is 9.97 Å². The van der Waals surface area contributed by atoms with Crippen molar-refractivity contribution < 1.29 is 19.1 Å². The first kappa shape index (κ1) is 22.0. The molecule has 1 saturated heterocycles. The molecule has 1 atom stereocenters. The number of carbonyl (C=O) groups is 2. The van der Waals surface area contributed by atoms with E-state index in [1.165, 1.54) is 0 Å². The molecule has 3 heterocycles. The fourth-order valence-corrected chi connectivity index (χ4v) is 4.25. The second-order valence-electron chi connectivity index (χ2n) is 8.09. The standard InChI is InChI=1S/C23H29N5O4/c1-2-31-15-21(29)27-10-3-4-16(13-27)14-28(20-7-9-25-23(24)26-20)22(30)18-5-6-19-17(12-18)8-11-32-19/h5-7,9,12,16H,2-4,8,10-11,13-15H2,1H3,(H2,24,25,26). The van der Waals surface area contributed by atoms with Crippen molar-refractivity contribution in [2.24, 2.45) is 5.92 Å². The fraction of sp³-hybridized carbons (Fsp3) is 0.478. The van der Waals surface area contributed by atoms with E-state index in [1.807, 2.05) is 24.0 Å². The van der Waals surface area contributed by atoms with Crippen molar-refractivity contribution in [3.8, 4) is 5.75 Å². The van der Waals surface area contributed by atoms with Crippen LogP contribution in [-0.2, 0) is 16.0 Å². The molecular weight excluding hydrogens is 410 g/mol. The first-order chi connectivity index (χ1) is 15.5. The molecule has 1 aromatic carbocycles. The first-order valence-corrected chi connectivity index (χ1v) is 11.1. The fourth-order valence-electron chi connectivity index (χ4n) is 4.25. The minimum absolute atomic E-state index is 0.0145. The number of nitrogens with two attached hydrogens (primary N) is 1. The SMILES string of the molecule is CCOCC(=O)N1CCCC(CN(C(=O)c2ccc3c(c2)CCO3)c2ccnc(N)n2)C1. The Bertz CT molecular complexity index is 983. The number of aromatic nitrogens is 2. The number of carbonyl (C=O) groups excluding carboxylic acids is 2. The van der Waals surface area contributed by atoms with Gasteiger partial charge in [-0.15, -0.1) is 0 Å². The van der Waals surface area contributed by atoms with Gasteiger partial charge in [0.15, 0.2) is 0 Å². The van der Waals surface area contributed by atoms with Crippen molar-refractivity contribution in [1.29, 1.82) is 0 Å². The van der Waals surface area contributed by atoms with Crippen molar-refractivity contribution >= 4 is 23.6 Å². The number of nitrogen functional groups attached to an aromatic ring is 1. The summed E-state index contributed by atoms with van der Waals surface area (Å²) < 4.78 is 10.9. The minimum atomic E-state index is -0.157. The van der Waals surface area contributed by atoms with Gasteiger partial charge in [0.1, 0.15) is 18.2 Å². The molecule has 4 rings (SSSR count). The Morgan fingerprint density at radius 1 is 1.34 bits per heavy atom.